The van der Waals surface area contributed by atoms with Crippen LogP contribution >= 0.6 is 0 Å². The molecule has 23 heteroatoms. The Morgan fingerprint density at radius 1 is 0.379 bits per heavy atom. The van der Waals surface area contributed by atoms with Crippen LogP contribution in [0.1, 0.15) is 310 Å². The molecule has 23 nitrogen and oxygen atoms in total. The number of hydrogen-bond acceptors (Lipinski definition) is 19. The Morgan fingerprint density at radius 2 is 0.674 bits per heavy atom. The van der Waals surface area contributed by atoms with E-state index in [1.54, 1.807) is 0 Å². The van der Waals surface area contributed by atoms with E-state index in [2.05, 4.69) is 38.3 Å². The number of carboxylic acids is 2. The predicted molar refractivity (Wildman–Crippen MR) is 361 cm³/mol. The maximum absolute atomic E-state index is 14.1. The van der Waals surface area contributed by atoms with Gasteiger partial charge in [0.2, 0.25) is 11.8 Å². The molecule has 95 heavy (non-hydrogen) atoms. The number of esters is 2. The number of hydrogen-bond donors (Lipinski definition) is 10. The fourth-order valence-electron chi connectivity index (χ4n) is 12.6. The second-order valence-electron chi connectivity index (χ2n) is 27.0. The van der Waals surface area contributed by atoms with Gasteiger partial charge < -0.3 is 84.6 Å². The number of unbranched alkanes of at least 4 members (excludes halogenated alkanes) is 32. The zero-order valence-corrected chi connectivity index (χ0v) is 58.9. The average Bonchev–Trinajstić information content (AvgIpc) is 0.793. The van der Waals surface area contributed by atoms with Gasteiger partial charge in [0.05, 0.1) is 63.3 Å². The molecule has 0 saturated carbocycles. The molecule has 556 valence electrons. The van der Waals surface area contributed by atoms with Gasteiger partial charge in [-0.05, 0) is 25.7 Å². The number of aliphatic hydroxyl groups is 6. The summed E-state index contributed by atoms with van der Waals surface area (Å²) in [6.07, 6.45) is 18.2. The fourth-order valence-corrected chi connectivity index (χ4v) is 12.6. The van der Waals surface area contributed by atoms with Crippen molar-refractivity contribution in [2.24, 2.45) is 0 Å². The molecule has 0 bridgehead atoms. The lowest BCUT2D eigenvalue weighted by molar-refractivity contribution is -0.308. The van der Waals surface area contributed by atoms with Crippen LogP contribution in [-0.2, 0) is 61.9 Å². The van der Waals surface area contributed by atoms with Crippen LogP contribution in [-0.4, -0.2) is 189 Å². The standard InChI is InChI=1S/C72H132N2O21/c1-5-9-13-17-21-25-29-33-37-41-53(76)45-59(80)73-65-69(94-63(86)47-55(78)43-39-35-31-27-23-19-15-11-7-3)67(88)58(93-71(65)91-52-62(84)85)50-90-72-66(74-60(81)46-54(77)42-38-34-30-26-22-18-14-10-6-2)70(68(57(49-75)92-72)89-51-61(82)83)95-64(87)48-56(79)44-40-36-32-28-24-20-16-12-8-4/h53-58,65-72,75-79,88H,5-52H2,1-4H3,(H,73,80)(H,74,81)(H,82,83)(H,84,85)/t53-,54-,55-,56-,57-,58-,65-,66-,67-,68-,69-,70-,71+,72-/m1/s1. The summed E-state index contributed by atoms with van der Waals surface area (Å²) in [5, 5.41) is 92.5. The number of carbonyl (C=O) groups is 6. The molecule has 0 spiro atoms. The van der Waals surface area contributed by atoms with Gasteiger partial charge in [0, 0.05) is 0 Å². The highest BCUT2D eigenvalue weighted by molar-refractivity contribution is 5.78. The largest absolute Gasteiger partial charge is 0.480 e. The van der Waals surface area contributed by atoms with Gasteiger partial charge in [0.15, 0.2) is 24.8 Å². The first-order valence-corrected chi connectivity index (χ1v) is 37.5. The van der Waals surface area contributed by atoms with Crippen molar-refractivity contribution in [3.8, 4) is 0 Å². The molecule has 10 N–H and O–H groups in total. The predicted octanol–water partition coefficient (Wildman–Crippen LogP) is 10.9. The van der Waals surface area contributed by atoms with E-state index in [1.165, 1.54) is 57.8 Å². The number of nitrogens with one attached hydrogen (secondary N) is 2. The van der Waals surface area contributed by atoms with Crippen LogP contribution in [0.25, 0.3) is 0 Å². The zero-order valence-electron chi connectivity index (χ0n) is 58.9. The van der Waals surface area contributed by atoms with Crippen molar-refractivity contribution in [2.75, 3.05) is 26.4 Å². The highest BCUT2D eigenvalue weighted by atomic mass is 16.7. The Hall–Kier alpha value is -3.62. The molecule has 0 aromatic rings. The van der Waals surface area contributed by atoms with E-state index in [0.29, 0.717) is 32.1 Å². The fraction of sp³-hybridized carbons (Fsp3) is 0.917. The molecule has 0 aromatic heterocycles. The molecular weight excluding hydrogens is 1230 g/mol. The number of carbonyl (C=O) groups excluding carboxylic acids is 4. The number of carboxylic acid groups (broad SMARTS) is 2. The molecule has 2 aliphatic heterocycles. The van der Waals surface area contributed by atoms with Crippen LogP contribution in [0.15, 0.2) is 0 Å². The van der Waals surface area contributed by atoms with Gasteiger partial charge >= 0.3 is 23.9 Å². The first-order chi connectivity index (χ1) is 45.9. The van der Waals surface area contributed by atoms with Gasteiger partial charge in [-0.2, -0.15) is 0 Å². The van der Waals surface area contributed by atoms with E-state index in [-0.39, 0.29) is 19.3 Å². The van der Waals surface area contributed by atoms with E-state index < -0.39 is 174 Å². The lowest BCUT2D eigenvalue weighted by Crippen LogP contribution is -2.68. The maximum atomic E-state index is 14.1. The molecule has 0 unspecified atom stereocenters. The van der Waals surface area contributed by atoms with Gasteiger partial charge in [-0.1, -0.05) is 259 Å². The Bertz CT molecular complexity index is 1970. The summed E-state index contributed by atoms with van der Waals surface area (Å²) in [6, 6.07) is -3.24. The maximum Gasteiger partial charge on any atom is 0.329 e. The summed E-state index contributed by atoms with van der Waals surface area (Å²) in [7, 11) is 0. The van der Waals surface area contributed by atoms with Crippen molar-refractivity contribution in [2.45, 2.75) is 396 Å². The Kier molecular flexibility index (Phi) is 51.7. The normalized spacial score (nSPS) is 22.5. The van der Waals surface area contributed by atoms with E-state index in [1.807, 2.05) is 0 Å². The number of aliphatic carboxylic acids is 2. The van der Waals surface area contributed by atoms with Crippen molar-refractivity contribution < 1.29 is 103 Å². The third-order valence-electron chi connectivity index (χ3n) is 18.1. The average molecular weight is 1360 g/mol. The van der Waals surface area contributed by atoms with Crippen LogP contribution in [0.4, 0.5) is 0 Å². The molecule has 2 fully saturated rings. The lowest BCUT2D eigenvalue weighted by Gasteiger charge is -2.47. The second-order valence-corrected chi connectivity index (χ2v) is 27.0. The Morgan fingerprint density at radius 3 is 1.02 bits per heavy atom. The third-order valence-corrected chi connectivity index (χ3v) is 18.1. The number of ether oxygens (including phenoxy) is 7. The minimum atomic E-state index is -1.94. The van der Waals surface area contributed by atoms with Crippen LogP contribution in [0.5, 0.6) is 0 Å². The highest BCUT2D eigenvalue weighted by Crippen LogP contribution is 2.32. The molecular formula is C72H132N2O21. The summed E-state index contributed by atoms with van der Waals surface area (Å²) in [5.41, 5.74) is 0. The highest BCUT2D eigenvalue weighted by Gasteiger charge is 2.53. The quantitative estimate of drug-likeness (QED) is 0.0200. The summed E-state index contributed by atoms with van der Waals surface area (Å²) < 4.78 is 42.1. The van der Waals surface area contributed by atoms with Crippen molar-refractivity contribution >= 4 is 35.7 Å². The molecule has 2 amide bonds. The smallest absolute Gasteiger partial charge is 0.329 e. The summed E-state index contributed by atoms with van der Waals surface area (Å²) in [5.74, 6) is -6.39. The topological polar surface area (TPSA) is 353 Å². The monoisotopic (exact) mass is 1360 g/mol. The van der Waals surface area contributed by atoms with Crippen LogP contribution in [0.3, 0.4) is 0 Å². The van der Waals surface area contributed by atoms with Gasteiger partial charge in [-0.15, -0.1) is 0 Å². The molecule has 0 aromatic carbocycles. The van der Waals surface area contributed by atoms with Crippen LogP contribution < -0.4 is 10.6 Å². The van der Waals surface area contributed by atoms with Crippen molar-refractivity contribution in [1.82, 2.24) is 10.6 Å². The van der Waals surface area contributed by atoms with E-state index >= 15 is 0 Å². The lowest BCUT2D eigenvalue weighted by atomic mass is 9.94. The van der Waals surface area contributed by atoms with Crippen molar-refractivity contribution in [3.05, 3.63) is 0 Å². The first kappa shape index (κ1) is 87.5. The van der Waals surface area contributed by atoms with Gasteiger partial charge in [0.1, 0.15) is 49.7 Å². The van der Waals surface area contributed by atoms with Crippen LogP contribution in [0, 0.1) is 0 Å². The Balaban J connectivity index is 2.53. The molecule has 2 heterocycles. The number of amides is 2. The van der Waals surface area contributed by atoms with E-state index in [0.717, 1.165) is 148 Å². The first-order valence-electron chi connectivity index (χ1n) is 37.5. The van der Waals surface area contributed by atoms with E-state index in [4.69, 9.17) is 33.2 Å². The molecule has 14 atom stereocenters. The molecule has 2 aliphatic rings. The second kappa shape index (κ2) is 56.2. The van der Waals surface area contributed by atoms with Crippen molar-refractivity contribution in [3.63, 3.8) is 0 Å². The summed E-state index contributed by atoms with van der Waals surface area (Å²) >= 11 is 0. The Labute approximate surface area is 569 Å². The van der Waals surface area contributed by atoms with E-state index in [9.17, 15) is 69.6 Å². The molecule has 0 aliphatic carbocycles. The molecule has 2 rings (SSSR count). The number of rotatable bonds is 62. The minimum absolute atomic E-state index is 0.267. The zero-order chi connectivity index (χ0) is 69.9. The molecule has 2 saturated heterocycles. The summed E-state index contributed by atoms with van der Waals surface area (Å²) in [6.45, 7) is 5.01. The number of aliphatic hydroxyl groups excluding tert-OH is 6. The SMILES string of the molecule is CCCCCCCCCCC[C@@H](O)CC(=O)N[C@H]1[C@H](OC[C@H]2O[C@H](OCC(=O)O)[C@H](NC(=O)C[C@H](O)CCCCCCCCCCC)[C@@H](OC(=O)C[C@H](O)CCCCCCCCCCC)[C@@H]2O)O[C@H](CO)[C@@H](OCC(=O)O)[C@@H]1OC(=O)C[C@H](O)CCCCCCCCCCC. The molecule has 0 radical (unpaired) electrons. The minimum Gasteiger partial charge on any atom is -0.480 e. The van der Waals surface area contributed by atoms with Gasteiger partial charge in [0.25, 0.3) is 0 Å². The van der Waals surface area contributed by atoms with Crippen LogP contribution in [0.2, 0.25) is 0 Å². The van der Waals surface area contributed by atoms with Crippen molar-refractivity contribution in [1.29, 1.82) is 0 Å². The van der Waals surface area contributed by atoms with Gasteiger partial charge in [-0.3, -0.25) is 19.2 Å². The third kappa shape index (κ3) is 42.2. The van der Waals surface area contributed by atoms with Gasteiger partial charge in [-0.25, -0.2) is 9.59 Å². The summed E-state index contributed by atoms with van der Waals surface area (Å²) in [4.78, 5) is 80.0.